The minimum atomic E-state index is 0.446. The van der Waals surface area contributed by atoms with E-state index in [0.29, 0.717) is 6.61 Å². The molecular weight excluding hydrogens is 178 g/mol. The van der Waals surface area contributed by atoms with Gasteiger partial charge in [-0.3, -0.25) is 0 Å². The van der Waals surface area contributed by atoms with Gasteiger partial charge in [0.25, 0.3) is 0 Å². The first-order valence-electron chi connectivity index (χ1n) is 4.44. The van der Waals surface area contributed by atoms with Crippen LogP contribution in [0.5, 0.6) is 5.75 Å². The van der Waals surface area contributed by atoms with E-state index in [1.54, 1.807) is 0 Å². The van der Waals surface area contributed by atoms with E-state index in [1.165, 1.54) is 0 Å². The molecule has 0 fully saturated rings. The lowest BCUT2D eigenvalue weighted by Gasteiger charge is -2.01. The summed E-state index contributed by atoms with van der Waals surface area (Å²) < 4.78 is 10.4. The first-order valence-corrected chi connectivity index (χ1v) is 4.44. The van der Waals surface area contributed by atoms with Gasteiger partial charge in [-0.1, -0.05) is 23.4 Å². The van der Waals surface area contributed by atoms with Crippen LogP contribution in [0.3, 0.4) is 0 Å². The van der Waals surface area contributed by atoms with Crippen molar-refractivity contribution >= 4 is 0 Å². The van der Waals surface area contributed by atoms with Gasteiger partial charge in [-0.2, -0.15) is 0 Å². The topological polar surface area (TPSA) is 35.3 Å². The zero-order valence-electron chi connectivity index (χ0n) is 7.93. The third kappa shape index (κ3) is 2.13. The van der Waals surface area contributed by atoms with Gasteiger partial charge in [0.1, 0.15) is 23.8 Å². The summed E-state index contributed by atoms with van der Waals surface area (Å²) in [4.78, 5) is 0. The summed E-state index contributed by atoms with van der Waals surface area (Å²) in [7, 11) is 0. The van der Waals surface area contributed by atoms with E-state index in [1.807, 2.05) is 43.3 Å². The fourth-order valence-corrected chi connectivity index (χ4v) is 1.16. The summed E-state index contributed by atoms with van der Waals surface area (Å²) in [6, 6.07) is 11.5. The number of hydrogen-bond donors (Lipinski definition) is 0. The number of hydrogen-bond acceptors (Lipinski definition) is 3. The molecule has 0 spiro atoms. The molecule has 0 amide bonds. The molecule has 0 atom stereocenters. The molecule has 0 aliphatic heterocycles. The van der Waals surface area contributed by atoms with Gasteiger partial charge in [0, 0.05) is 6.07 Å². The second-order valence-electron chi connectivity index (χ2n) is 3.03. The minimum Gasteiger partial charge on any atom is -0.487 e. The second-order valence-corrected chi connectivity index (χ2v) is 3.03. The predicted octanol–water partition coefficient (Wildman–Crippen LogP) is 2.56. The molecule has 0 N–H and O–H groups in total. The Morgan fingerprint density at radius 2 is 2.07 bits per heavy atom. The lowest BCUT2D eigenvalue weighted by molar-refractivity contribution is 0.288. The average molecular weight is 189 g/mol. The van der Waals surface area contributed by atoms with Gasteiger partial charge in [0.15, 0.2) is 0 Å². The van der Waals surface area contributed by atoms with Crippen molar-refractivity contribution in [3.05, 3.63) is 47.9 Å². The lowest BCUT2D eigenvalue weighted by atomic mass is 10.3. The summed E-state index contributed by atoms with van der Waals surface area (Å²) in [6.07, 6.45) is 0. The Hall–Kier alpha value is -1.77. The Kier molecular flexibility index (Phi) is 2.49. The molecule has 0 saturated carbocycles. The van der Waals surface area contributed by atoms with Crippen LogP contribution in [0.2, 0.25) is 0 Å². The summed E-state index contributed by atoms with van der Waals surface area (Å²) in [5.41, 5.74) is 0.811. The van der Waals surface area contributed by atoms with Gasteiger partial charge >= 0.3 is 0 Å². The third-order valence-corrected chi connectivity index (χ3v) is 1.81. The van der Waals surface area contributed by atoms with Crippen LogP contribution < -0.4 is 4.74 Å². The molecule has 1 aromatic carbocycles. The third-order valence-electron chi connectivity index (χ3n) is 1.81. The molecule has 14 heavy (non-hydrogen) atoms. The van der Waals surface area contributed by atoms with Crippen molar-refractivity contribution in [1.82, 2.24) is 5.16 Å². The largest absolute Gasteiger partial charge is 0.487 e. The molecule has 1 aromatic heterocycles. The van der Waals surface area contributed by atoms with E-state index in [2.05, 4.69) is 5.16 Å². The highest BCUT2D eigenvalue weighted by Gasteiger charge is 2.00. The molecule has 0 saturated heterocycles. The predicted molar refractivity (Wildman–Crippen MR) is 52.0 cm³/mol. The molecule has 0 aliphatic rings. The second kappa shape index (κ2) is 3.96. The van der Waals surface area contributed by atoms with Crippen LogP contribution in [0.25, 0.3) is 0 Å². The Bertz CT molecular complexity index is 395. The number of aryl methyl sites for hydroxylation is 1. The number of benzene rings is 1. The van der Waals surface area contributed by atoms with Crippen LogP contribution in [0.4, 0.5) is 0 Å². The molecule has 0 unspecified atom stereocenters. The van der Waals surface area contributed by atoms with Crippen molar-refractivity contribution in [2.75, 3.05) is 0 Å². The van der Waals surface area contributed by atoms with Crippen LogP contribution >= 0.6 is 0 Å². The molecule has 2 rings (SSSR count). The molecule has 72 valence electrons. The fraction of sp³-hybridized carbons (Fsp3) is 0.182. The van der Waals surface area contributed by atoms with Crippen LogP contribution in [0, 0.1) is 6.92 Å². The SMILES string of the molecule is Cc1cc(COc2ccccc2)no1. The van der Waals surface area contributed by atoms with Gasteiger partial charge in [0.2, 0.25) is 0 Å². The number of ether oxygens (including phenoxy) is 1. The molecular formula is C11H11NO2. The highest BCUT2D eigenvalue weighted by atomic mass is 16.5. The molecule has 3 heteroatoms. The Balaban J connectivity index is 1.95. The quantitative estimate of drug-likeness (QED) is 0.744. The minimum absolute atomic E-state index is 0.446. The molecule has 0 aliphatic carbocycles. The van der Waals surface area contributed by atoms with Crippen molar-refractivity contribution in [2.24, 2.45) is 0 Å². The standard InChI is InChI=1S/C11H11NO2/c1-9-7-10(12-14-9)8-13-11-5-3-2-4-6-11/h2-7H,8H2,1H3. The van der Waals surface area contributed by atoms with Crippen LogP contribution in [0.15, 0.2) is 40.9 Å². The summed E-state index contributed by atoms with van der Waals surface area (Å²) in [5.74, 6) is 1.64. The van der Waals surface area contributed by atoms with Crippen molar-refractivity contribution in [3.8, 4) is 5.75 Å². The fourth-order valence-electron chi connectivity index (χ4n) is 1.16. The molecule has 0 bridgehead atoms. The highest BCUT2D eigenvalue weighted by Crippen LogP contribution is 2.11. The van der Waals surface area contributed by atoms with E-state index in [-0.39, 0.29) is 0 Å². The van der Waals surface area contributed by atoms with Crippen molar-refractivity contribution in [1.29, 1.82) is 0 Å². The first-order chi connectivity index (χ1) is 6.84. The van der Waals surface area contributed by atoms with E-state index >= 15 is 0 Å². The Morgan fingerprint density at radius 3 is 2.71 bits per heavy atom. The van der Waals surface area contributed by atoms with Crippen LogP contribution in [-0.4, -0.2) is 5.16 Å². The van der Waals surface area contributed by atoms with Crippen molar-refractivity contribution < 1.29 is 9.26 Å². The van der Waals surface area contributed by atoms with E-state index in [9.17, 15) is 0 Å². The zero-order chi connectivity index (χ0) is 9.80. The van der Waals surface area contributed by atoms with E-state index < -0.39 is 0 Å². The van der Waals surface area contributed by atoms with Gasteiger partial charge < -0.3 is 9.26 Å². The number of para-hydroxylation sites is 1. The van der Waals surface area contributed by atoms with Gasteiger partial charge in [-0.05, 0) is 19.1 Å². The maximum absolute atomic E-state index is 5.48. The van der Waals surface area contributed by atoms with Gasteiger partial charge in [0.05, 0.1) is 0 Å². The number of aromatic nitrogens is 1. The molecule has 3 nitrogen and oxygen atoms in total. The molecule has 0 radical (unpaired) electrons. The van der Waals surface area contributed by atoms with Crippen LogP contribution in [-0.2, 0) is 6.61 Å². The number of rotatable bonds is 3. The maximum atomic E-state index is 5.48. The summed E-state index contributed by atoms with van der Waals surface area (Å²) in [5, 5.41) is 3.83. The smallest absolute Gasteiger partial charge is 0.134 e. The molecule has 2 aromatic rings. The summed E-state index contributed by atoms with van der Waals surface area (Å²) in [6.45, 7) is 2.31. The van der Waals surface area contributed by atoms with Gasteiger partial charge in [-0.25, -0.2) is 0 Å². The first kappa shape index (κ1) is 8.81. The van der Waals surface area contributed by atoms with Gasteiger partial charge in [-0.15, -0.1) is 0 Å². The highest BCUT2D eigenvalue weighted by molar-refractivity contribution is 5.21. The van der Waals surface area contributed by atoms with E-state index in [0.717, 1.165) is 17.2 Å². The molecule has 1 heterocycles. The van der Waals surface area contributed by atoms with Crippen molar-refractivity contribution in [2.45, 2.75) is 13.5 Å². The maximum Gasteiger partial charge on any atom is 0.134 e. The Morgan fingerprint density at radius 1 is 1.29 bits per heavy atom. The lowest BCUT2D eigenvalue weighted by Crippen LogP contribution is -1.94. The van der Waals surface area contributed by atoms with Crippen LogP contribution in [0.1, 0.15) is 11.5 Å². The Labute approximate surface area is 82.3 Å². The monoisotopic (exact) mass is 189 g/mol. The summed E-state index contributed by atoms with van der Waals surface area (Å²) >= 11 is 0. The zero-order valence-corrected chi connectivity index (χ0v) is 7.93. The van der Waals surface area contributed by atoms with E-state index in [4.69, 9.17) is 9.26 Å². The normalized spacial score (nSPS) is 10.1. The average Bonchev–Trinajstić information content (AvgIpc) is 2.63. The van der Waals surface area contributed by atoms with Crippen molar-refractivity contribution in [3.63, 3.8) is 0 Å². The number of nitrogens with zero attached hydrogens (tertiary/aromatic N) is 1.